The van der Waals surface area contributed by atoms with E-state index in [4.69, 9.17) is 9.97 Å². The molecule has 4 nitrogen and oxygen atoms in total. The van der Waals surface area contributed by atoms with Gasteiger partial charge < -0.3 is 0 Å². The number of pyridine rings is 3. The molecule has 9 rings (SSSR count). The predicted molar refractivity (Wildman–Crippen MR) is 140 cm³/mol. The first kappa shape index (κ1) is 17.8. The highest BCUT2D eigenvalue weighted by Gasteiger charge is 2.26. The zero-order valence-electron chi connectivity index (χ0n) is 18.8. The van der Waals surface area contributed by atoms with Crippen molar-refractivity contribution >= 4 is 38.5 Å². The molecule has 0 spiro atoms. The van der Waals surface area contributed by atoms with Crippen molar-refractivity contribution in [1.82, 2.24) is 19.4 Å². The normalized spacial score (nSPS) is 13.5. The number of hydrogen-bond acceptors (Lipinski definition) is 3. The Morgan fingerprint density at radius 1 is 0.600 bits per heavy atom. The lowest BCUT2D eigenvalue weighted by Gasteiger charge is -2.08. The van der Waals surface area contributed by atoms with Crippen molar-refractivity contribution in [3.63, 3.8) is 0 Å². The molecule has 0 fully saturated rings. The van der Waals surface area contributed by atoms with Crippen LogP contribution in [0.5, 0.6) is 0 Å². The summed E-state index contributed by atoms with van der Waals surface area (Å²) in [7, 11) is 0. The molecule has 35 heavy (non-hydrogen) atoms. The number of fused-ring (bicyclic) bond motifs is 14. The van der Waals surface area contributed by atoms with Gasteiger partial charge in [0.05, 0.1) is 11.0 Å². The lowest BCUT2D eigenvalue weighted by Crippen LogP contribution is -1.94. The molecule has 0 unspecified atom stereocenters. The first-order valence-corrected chi connectivity index (χ1v) is 12.0. The van der Waals surface area contributed by atoms with E-state index in [9.17, 15) is 0 Å². The number of benzene rings is 3. The largest absolute Gasteiger partial charge is 0.276 e. The molecule has 0 amide bonds. The maximum atomic E-state index is 5.11. The molecule has 2 aliphatic rings. The Labute approximate surface area is 200 Å². The van der Waals surface area contributed by atoms with Gasteiger partial charge in [0.1, 0.15) is 11.3 Å². The molecule has 4 heteroatoms. The van der Waals surface area contributed by atoms with Gasteiger partial charge in [-0.1, -0.05) is 30.3 Å². The van der Waals surface area contributed by atoms with Crippen LogP contribution in [0.4, 0.5) is 0 Å². The van der Waals surface area contributed by atoms with Crippen LogP contribution < -0.4 is 0 Å². The summed E-state index contributed by atoms with van der Waals surface area (Å²) in [4.78, 5) is 14.3. The quantitative estimate of drug-likeness (QED) is 0.243. The average molecular weight is 447 g/mol. The lowest BCUT2D eigenvalue weighted by atomic mass is 9.98. The Hall–Kier alpha value is -4.57. The Morgan fingerprint density at radius 3 is 2.40 bits per heavy atom. The Kier molecular flexibility index (Phi) is 3.11. The van der Waals surface area contributed by atoms with Gasteiger partial charge in [0, 0.05) is 29.4 Å². The minimum absolute atomic E-state index is 0.918. The van der Waals surface area contributed by atoms with E-state index in [0.717, 1.165) is 51.3 Å². The van der Waals surface area contributed by atoms with Gasteiger partial charge in [-0.2, -0.15) is 0 Å². The summed E-state index contributed by atoms with van der Waals surface area (Å²) < 4.78 is 2.22. The highest BCUT2D eigenvalue weighted by atomic mass is 15.1. The van der Waals surface area contributed by atoms with Crippen molar-refractivity contribution in [3.8, 4) is 22.3 Å². The zero-order chi connectivity index (χ0) is 22.7. The van der Waals surface area contributed by atoms with Crippen LogP contribution in [-0.2, 0) is 12.8 Å². The van der Waals surface area contributed by atoms with E-state index in [1.54, 1.807) is 0 Å². The number of aromatic nitrogens is 4. The second kappa shape index (κ2) is 6.10. The van der Waals surface area contributed by atoms with Crippen LogP contribution in [0.1, 0.15) is 22.3 Å². The molecule has 0 atom stereocenters. The van der Waals surface area contributed by atoms with Crippen LogP contribution in [0.25, 0.3) is 60.7 Å². The summed E-state index contributed by atoms with van der Waals surface area (Å²) in [5.41, 5.74) is 15.1. The van der Waals surface area contributed by atoms with Crippen molar-refractivity contribution in [2.45, 2.75) is 12.8 Å². The molecule has 0 saturated heterocycles. The molecule has 4 heterocycles. The highest BCUT2D eigenvalue weighted by Crippen LogP contribution is 2.46. The van der Waals surface area contributed by atoms with Crippen molar-refractivity contribution in [3.05, 3.63) is 108 Å². The molecule has 0 aliphatic heterocycles. The molecule has 7 aromatic rings. The fraction of sp³-hybridized carbons (Fsp3) is 0.0645. The third-order valence-corrected chi connectivity index (χ3v) is 7.92. The summed E-state index contributed by atoms with van der Waals surface area (Å²) in [6, 6.07) is 24.5. The summed E-state index contributed by atoms with van der Waals surface area (Å²) in [6.45, 7) is 0. The standard InChI is InChI=1S/C31H18N4/c1-2-5-21-17(4-1)10-18-11-19-12-20-13-28-29(15-26(20)25(19)14-24(18)21)35-30-23(6-3-8-33-30)22-7-9-32-16-27(22)31(35)34-28/h1-9,11,13-16H,10,12H2. The third-order valence-electron chi connectivity index (χ3n) is 7.92. The highest BCUT2D eigenvalue weighted by molar-refractivity contribution is 6.12. The van der Waals surface area contributed by atoms with E-state index in [1.807, 2.05) is 24.7 Å². The van der Waals surface area contributed by atoms with Gasteiger partial charge in [0.15, 0.2) is 0 Å². The Balaban J connectivity index is 1.37. The van der Waals surface area contributed by atoms with E-state index in [0.29, 0.717) is 0 Å². The molecule has 0 bridgehead atoms. The molecule has 162 valence electrons. The maximum Gasteiger partial charge on any atom is 0.149 e. The van der Waals surface area contributed by atoms with Gasteiger partial charge in [0.25, 0.3) is 0 Å². The molecule has 0 radical (unpaired) electrons. The van der Waals surface area contributed by atoms with Gasteiger partial charge >= 0.3 is 0 Å². The minimum Gasteiger partial charge on any atom is -0.276 e. The number of imidazole rings is 1. The minimum atomic E-state index is 0.918. The summed E-state index contributed by atoms with van der Waals surface area (Å²) in [5.74, 6) is 0. The fourth-order valence-electron chi connectivity index (χ4n) is 6.39. The SMILES string of the molecule is c1ccc2c(c1)Cc1cc3c(cc1-2)-c1cc2c(cc1C3)nc1c3cnccc3c3cccnc3n21. The smallest absolute Gasteiger partial charge is 0.149 e. The third kappa shape index (κ3) is 2.20. The maximum absolute atomic E-state index is 5.11. The molecule has 3 aromatic carbocycles. The van der Waals surface area contributed by atoms with Crippen molar-refractivity contribution in [1.29, 1.82) is 0 Å². The summed E-state index contributed by atoms with van der Waals surface area (Å²) >= 11 is 0. The van der Waals surface area contributed by atoms with E-state index < -0.39 is 0 Å². The van der Waals surface area contributed by atoms with Crippen molar-refractivity contribution in [2.75, 3.05) is 0 Å². The van der Waals surface area contributed by atoms with E-state index in [2.05, 4.69) is 70.0 Å². The Morgan fingerprint density at radius 2 is 1.43 bits per heavy atom. The van der Waals surface area contributed by atoms with Crippen molar-refractivity contribution < 1.29 is 0 Å². The van der Waals surface area contributed by atoms with E-state index >= 15 is 0 Å². The van der Waals surface area contributed by atoms with Crippen LogP contribution in [-0.4, -0.2) is 19.4 Å². The second-order valence-electron chi connectivity index (χ2n) is 9.74. The topological polar surface area (TPSA) is 43.1 Å². The molecule has 2 aliphatic carbocycles. The predicted octanol–water partition coefficient (Wildman–Crippen LogP) is 6.73. The second-order valence-corrected chi connectivity index (χ2v) is 9.74. The van der Waals surface area contributed by atoms with Gasteiger partial charge in [0.2, 0.25) is 0 Å². The Bertz CT molecular complexity index is 2070. The number of rotatable bonds is 0. The fourth-order valence-corrected chi connectivity index (χ4v) is 6.39. The molecular weight excluding hydrogens is 428 g/mol. The van der Waals surface area contributed by atoms with Gasteiger partial charge in [-0.25, -0.2) is 9.97 Å². The number of nitrogens with zero attached hydrogens (tertiary/aromatic N) is 4. The monoisotopic (exact) mass is 446 g/mol. The molecular formula is C31H18N4. The van der Waals surface area contributed by atoms with Crippen LogP contribution in [0.15, 0.2) is 85.3 Å². The van der Waals surface area contributed by atoms with Gasteiger partial charge in [-0.15, -0.1) is 0 Å². The van der Waals surface area contributed by atoms with E-state index in [1.165, 1.54) is 44.5 Å². The van der Waals surface area contributed by atoms with Gasteiger partial charge in [-0.05, 0) is 99.1 Å². The molecule has 4 aromatic heterocycles. The van der Waals surface area contributed by atoms with E-state index in [-0.39, 0.29) is 0 Å². The molecule has 0 saturated carbocycles. The van der Waals surface area contributed by atoms with Crippen LogP contribution >= 0.6 is 0 Å². The summed E-state index contributed by atoms with van der Waals surface area (Å²) in [6.07, 6.45) is 7.62. The summed E-state index contributed by atoms with van der Waals surface area (Å²) in [5, 5.41) is 3.31. The van der Waals surface area contributed by atoms with Crippen molar-refractivity contribution in [2.24, 2.45) is 0 Å². The zero-order valence-corrected chi connectivity index (χ0v) is 18.8. The lowest BCUT2D eigenvalue weighted by molar-refractivity contribution is 1.21. The van der Waals surface area contributed by atoms with Crippen LogP contribution in [0.2, 0.25) is 0 Å². The average Bonchev–Trinajstić information content (AvgIpc) is 3.56. The van der Waals surface area contributed by atoms with Gasteiger partial charge in [-0.3, -0.25) is 9.38 Å². The van der Waals surface area contributed by atoms with Crippen LogP contribution in [0, 0.1) is 0 Å². The first-order chi connectivity index (χ1) is 17.3. The van der Waals surface area contributed by atoms with Crippen LogP contribution in [0.3, 0.4) is 0 Å². The first-order valence-electron chi connectivity index (χ1n) is 12.0. The molecule has 0 N–H and O–H groups in total. The number of hydrogen-bond donors (Lipinski definition) is 0.